The van der Waals surface area contributed by atoms with Gasteiger partial charge in [-0.25, -0.2) is 4.39 Å². The first-order valence-electron chi connectivity index (χ1n) is 9.60. The predicted molar refractivity (Wildman–Crippen MR) is 116 cm³/mol. The van der Waals surface area contributed by atoms with Crippen LogP contribution >= 0.6 is 0 Å². The number of ketones is 1. The van der Waals surface area contributed by atoms with Crippen molar-refractivity contribution < 1.29 is 18.7 Å². The summed E-state index contributed by atoms with van der Waals surface area (Å²) >= 11 is 0. The number of halogens is 1. The van der Waals surface area contributed by atoms with Gasteiger partial charge in [0.15, 0.2) is 5.78 Å². The Morgan fingerprint density at radius 2 is 1.86 bits per heavy atom. The minimum atomic E-state index is -0.445. The Morgan fingerprint density at radius 3 is 2.45 bits per heavy atom. The summed E-state index contributed by atoms with van der Waals surface area (Å²) in [5.41, 5.74) is 1.72. The second kappa shape index (κ2) is 9.70. The highest BCUT2D eigenvalue weighted by Crippen LogP contribution is 2.29. The molecule has 0 N–H and O–H groups in total. The Hall–Kier alpha value is -2.66. The monoisotopic (exact) mass is 399 g/mol. The molecule has 2 aromatic rings. The molecule has 0 amide bonds. The molecule has 0 fully saturated rings. The molecule has 2 rings (SSSR count). The molecule has 0 unspecified atom stereocenters. The van der Waals surface area contributed by atoms with Crippen LogP contribution in [0, 0.1) is 5.82 Å². The van der Waals surface area contributed by atoms with Crippen LogP contribution in [-0.4, -0.2) is 45.0 Å². The zero-order valence-electron chi connectivity index (χ0n) is 18.1. The normalized spacial score (nSPS) is 11.9. The van der Waals surface area contributed by atoms with Gasteiger partial charge in [-0.3, -0.25) is 4.79 Å². The van der Waals surface area contributed by atoms with E-state index in [0.717, 1.165) is 12.1 Å². The van der Waals surface area contributed by atoms with Crippen LogP contribution in [0.1, 0.15) is 42.3 Å². The fourth-order valence-corrected chi connectivity index (χ4v) is 2.68. The molecule has 0 radical (unpaired) electrons. The van der Waals surface area contributed by atoms with Gasteiger partial charge < -0.3 is 14.4 Å². The van der Waals surface area contributed by atoms with E-state index >= 15 is 0 Å². The molecule has 0 bridgehead atoms. The van der Waals surface area contributed by atoms with Crippen LogP contribution in [0.3, 0.4) is 0 Å². The van der Waals surface area contributed by atoms with E-state index in [1.54, 1.807) is 12.1 Å². The first kappa shape index (κ1) is 22.6. The van der Waals surface area contributed by atoms with Crippen molar-refractivity contribution in [1.29, 1.82) is 0 Å². The quantitative estimate of drug-likeness (QED) is 0.464. The number of methoxy groups -OCH3 is 1. The summed E-state index contributed by atoms with van der Waals surface area (Å²) in [7, 11) is 5.41. The molecule has 0 spiro atoms. The van der Waals surface area contributed by atoms with Crippen molar-refractivity contribution in [3.8, 4) is 11.5 Å². The smallest absolute Gasteiger partial charge is 0.189 e. The van der Waals surface area contributed by atoms with Crippen molar-refractivity contribution in [3.05, 3.63) is 65.0 Å². The Kier molecular flexibility index (Phi) is 7.57. The standard InChI is InChI=1S/C24H30FNO3/c1-24(2,3)18-9-12-23(29-14-13-26(4)5)20(15-18)22(27)11-8-17-7-10-19(28-6)16-21(17)25/h7-12,15-16H,13-14H2,1-6H3/b11-8+. The van der Waals surface area contributed by atoms with E-state index in [9.17, 15) is 9.18 Å². The minimum absolute atomic E-state index is 0.108. The fraction of sp³-hybridized carbons (Fsp3) is 0.375. The summed E-state index contributed by atoms with van der Waals surface area (Å²) in [5.74, 6) is 0.288. The molecular weight excluding hydrogens is 369 g/mol. The number of rotatable bonds is 8. The lowest BCUT2D eigenvalue weighted by atomic mass is 9.85. The summed E-state index contributed by atoms with van der Waals surface area (Å²) in [6.07, 6.45) is 2.86. The third-order valence-corrected chi connectivity index (χ3v) is 4.53. The van der Waals surface area contributed by atoms with Crippen molar-refractivity contribution in [2.24, 2.45) is 0 Å². The van der Waals surface area contributed by atoms with Gasteiger partial charge in [0.25, 0.3) is 0 Å². The molecule has 0 saturated heterocycles. The lowest BCUT2D eigenvalue weighted by molar-refractivity contribution is 0.104. The van der Waals surface area contributed by atoms with E-state index in [2.05, 4.69) is 20.8 Å². The third-order valence-electron chi connectivity index (χ3n) is 4.53. The minimum Gasteiger partial charge on any atom is -0.497 e. The SMILES string of the molecule is COc1ccc(/C=C/C(=O)c2cc(C(C)(C)C)ccc2OCCN(C)C)c(F)c1. The van der Waals surface area contributed by atoms with Gasteiger partial charge in [0.05, 0.1) is 12.7 Å². The Labute approximate surface area is 172 Å². The molecule has 4 nitrogen and oxygen atoms in total. The number of likely N-dealkylation sites (N-methyl/N-ethyl adjacent to an activating group) is 1. The number of carbonyl (C=O) groups excluding carboxylic acids is 1. The molecule has 156 valence electrons. The van der Waals surface area contributed by atoms with Gasteiger partial charge in [-0.05, 0) is 61.5 Å². The summed E-state index contributed by atoms with van der Waals surface area (Å²) in [4.78, 5) is 14.9. The number of allylic oxidation sites excluding steroid dienone is 1. The third kappa shape index (κ3) is 6.43. The maximum Gasteiger partial charge on any atom is 0.189 e. The van der Waals surface area contributed by atoms with E-state index in [0.29, 0.717) is 29.2 Å². The molecule has 0 heterocycles. The molecule has 0 aliphatic heterocycles. The van der Waals surface area contributed by atoms with Crippen LogP contribution in [0.15, 0.2) is 42.5 Å². The average Bonchev–Trinajstić information content (AvgIpc) is 2.65. The molecule has 0 atom stereocenters. The van der Waals surface area contributed by atoms with Crippen molar-refractivity contribution in [2.45, 2.75) is 26.2 Å². The predicted octanol–water partition coefficient (Wildman–Crippen LogP) is 4.97. The maximum absolute atomic E-state index is 14.2. The largest absolute Gasteiger partial charge is 0.497 e. The Bertz CT molecular complexity index is 882. The summed E-state index contributed by atoms with van der Waals surface area (Å²) in [6, 6.07) is 10.2. The van der Waals surface area contributed by atoms with Crippen LogP contribution in [0.25, 0.3) is 6.08 Å². The van der Waals surface area contributed by atoms with Gasteiger partial charge in [-0.1, -0.05) is 26.8 Å². The summed E-state index contributed by atoms with van der Waals surface area (Å²) in [6.45, 7) is 7.48. The number of nitrogens with zero attached hydrogens (tertiary/aromatic N) is 1. The molecule has 0 aliphatic rings. The molecule has 0 aliphatic carbocycles. The average molecular weight is 400 g/mol. The van der Waals surface area contributed by atoms with Gasteiger partial charge in [0.2, 0.25) is 0 Å². The Balaban J connectivity index is 2.32. The van der Waals surface area contributed by atoms with E-state index in [-0.39, 0.29) is 11.2 Å². The fourth-order valence-electron chi connectivity index (χ4n) is 2.68. The van der Waals surface area contributed by atoms with Crippen molar-refractivity contribution in [2.75, 3.05) is 34.4 Å². The number of hydrogen-bond acceptors (Lipinski definition) is 4. The molecule has 2 aromatic carbocycles. The van der Waals surface area contributed by atoms with E-state index in [1.807, 2.05) is 37.2 Å². The summed E-state index contributed by atoms with van der Waals surface area (Å²) < 4.78 is 25.0. The maximum atomic E-state index is 14.2. The first-order valence-corrected chi connectivity index (χ1v) is 9.60. The first-order chi connectivity index (χ1) is 13.6. The Morgan fingerprint density at radius 1 is 1.14 bits per heavy atom. The summed E-state index contributed by atoms with van der Waals surface area (Å²) in [5, 5.41) is 0. The number of ether oxygens (including phenoxy) is 2. The molecule has 0 aromatic heterocycles. The van der Waals surface area contributed by atoms with Crippen molar-refractivity contribution >= 4 is 11.9 Å². The van der Waals surface area contributed by atoms with Crippen LogP contribution in [0.4, 0.5) is 4.39 Å². The van der Waals surface area contributed by atoms with Crippen LogP contribution in [0.5, 0.6) is 11.5 Å². The van der Waals surface area contributed by atoms with Gasteiger partial charge in [-0.2, -0.15) is 0 Å². The molecule has 5 heteroatoms. The van der Waals surface area contributed by atoms with E-state index in [1.165, 1.54) is 25.3 Å². The molecular formula is C24H30FNO3. The molecule has 0 saturated carbocycles. The van der Waals surface area contributed by atoms with Crippen LogP contribution in [0.2, 0.25) is 0 Å². The lowest BCUT2D eigenvalue weighted by Crippen LogP contribution is -2.20. The lowest BCUT2D eigenvalue weighted by Gasteiger charge is -2.21. The van der Waals surface area contributed by atoms with Gasteiger partial charge in [-0.15, -0.1) is 0 Å². The van der Waals surface area contributed by atoms with Gasteiger partial charge >= 0.3 is 0 Å². The van der Waals surface area contributed by atoms with Gasteiger partial charge in [0, 0.05) is 18.2 Å². The molecule has 29 heavy (non-hydrogen) atoms. The van der Waals surface area contributed by atoms with E-state index in [4.69, 9.17) is 9.47 Å². The second-order valence-corrected chi connectivity index (χ2v) is 8.20. The number of carbonyl (C=O) groups is 1. The highest BCUT2D eigenvalue weighted by Gasteiger charge is 2.19. The highest BCUT2D eigenvalue weighted by atomic mass is 19.1. The van der Waals surface area contributed by atoms with Crippen molar-refractivity contribution in [1.82, 2.24) is 4.90 Å². The zero-order chi connectivity index (χ0) is 21.6. The van der Waals surface area contributed by atoms with Crippen LogP contribution < -0.4 is 9.47 Å². The van der Waals surface area contributed by atoms with Crippen molar-refractivity contribution in [3.63, 3.8) is 0 Å². The topological polar surface area (TPSA) is 38.8 Å². The second-order valence-electron chi connectivity index (χ2n) is 8.20. The number of benzene rings is 2. The highest BCUT2D eigenvalue weighted by molar-refractivity contribution is 6.08. The van der Waals surface area contributed by atoms with Gasteiger partial charge in [0.1, 0.15) is 23.9 Å². The van der Waals surface area contributed by atoms with Crippen LogP contribution in [-0.2, 0) is 5.41 Å². The number of hydrogen-bond donors (Lipinski definition) is 0. The zero-order valence-corrected chi connectivity index (χ0v) is 18.1. The van der Waals surface area contributed by atoms with E-state index < -0.39 is 5.82 Å².